The van der Waals surface area contributed by atoms with E-state index >= 15 is 0 Å². The first-order chi connectivity index (χ1) is 17.0. The predicted molar refractivity (Wildman–Crippen MR) is 149 cm³/mol. The van der Waals surface area contributed by atoms with Gasteiger partial charge < -0.3 is 13.3 Å². The fourth-order valence-corrected chi connectivity index (χ4v) is 4.62. The van der Waals surface area contributed by atoms with E-state index < -0.39 is 5.41 Å². The van der Waals surface area contributed by atoms with Crippen molar-refractivity contribution in [1.82, 2.24) is 0 Å². The topological polar surface area (TPSA) is 61.8 Å². The summed E-state index contributed by atoms with van der Waals surface area (Å²) >= 11 is 2.99. The van der Waals surface area contributed by atoms with Crippen molar-refractivity contribution in [3.63, 3.8) is 0 Å². The highest BCUT2D eigenvalue weighted by atomic mass is 79.9. The van der Waals surface area contributed by atoms with Gasteiger partial charge in [-0.1, -0.05) is 124 Å². The zero-order chi connectivity index (χ0) is 26.0. The molecule has 0 saturated heterocycles. The molecular weight excluding hydrogens is 508 g/mol. The monoisotopic (exact) mass is 562 g/mol. The average Bonchev–Trinajstić information content (AvgIpc) is 2.84. The van der Waals surface area contributed by atoms with Crippen molar-refractivity contribution < 1.29 is 22.9 Å². The summed E-state index contributed by atoms with van der Waals surface area (Å²) in [5.74, 6) is -0.371. The summed E-state index contributed by atoms with van der Waals surface area (Å²) in [5.41, 5.74) is -0.564. The fraction of sp³-hybridized carbons (Fsp3) is 0.931. The number of halogens is 1. The molecule has 0 amide bonds. The van der Waals surface area contributed by atoms with E-state index in [1.165, 1.54) is 89.9 Å². The van der Waals surface area contributed by atoms with Crippen LogP contribution in [-0.2, 0) is 22.9 Å². The Labute approximate surface area is 225 Å². The number of carbonyl (C=O) groups is 2. The van der Waals surface area contributed by atoms with Crippen molar-refractivity contribution in [3.8, 4) is 0 Å². The van der Waals surface area contributed by atoms with Gasteiger partial charge in [0.2, 0.25) is 0 Å². The van der Waals surface area contributed by atoms with Gasteiger partial charge in [-0.15, -0.1) is 0 Å². The fourth-order valence-electron chi connectivity index (χ4n) is 4.07. The number of rotatable bonds is 26. The lowest BCUT2D eigenvalue weighted by Crippen LogP contribution is -2.35. The van der Waals surface area contributed by atoms with Crippen molar-refractivity contribution in [2.24, 2.45) is 5.41 Å². The van der Waals surface area contributed by atoms with Crippen LogP contribution in [0.4, 0.5) is 0 Å². The third kappa shape index (κ3) is 23.5. The first kappa shape index (κ1) is 34.4. The lowest BCUT2D eigenvalue weighted by Gasteiger charge is -2.27. The minimum atomic E-state index is -0.564. The summed E-state index contributed by atoms with van der Waals surface area (Å²) in [5, 5.41) is 0. The normalized spacial score (nSPS) is 11.5. The summed E-state index contributed by atoms with van der Waals surface area (Å²) in [4.78, 5) is 24.3. The highest BCUT2D eigenvalue weighted by Gasteiger charge is 2.29. The summed E-state index contributed by atoms with van der Waals surface area (Å²) in [7, 11) is 0. The quantitative estimate of drug-likeness (QED) is 0.0775. The van der Waals surface area contributed by atoms with E-state index in [4.69, 9.17) is 13.3 Å². The van der Waals surface area contributed by atoms with Crippen LogP contribution < -0.4 is 0 Å². The predicted octanol–water partition coefficient (Wildman–Crippen LogP) is 9.25. The summed E-state index contributed by atoms with van der Waals surface area (Å²) in [6.07, 6.45) is 22.8. The maximum atomic E-state index is 12.2. The standard InChI is InChI=1S/C29H55BrO5/c1-4-6-8-10-12-14-16-18-20-22-27(31)33-24-29(3,26-35-30)25-34-28(32)23-21-19-17-15-13-11-9-7-5-2/h4-26H2,1-3H3. The van der Waals surface area contributed by atoms with Gasteiger partial charge >= 0.3 is 11.9 Å². The summed E-state index contributed by atoms with van der Waals surface area (Å²) in [6, 6.07) is 0. The van der Waals surface area contributed by atoms with E-state index in [1.807, 2.05) is 6.92 Å². The summed E-state index contributed by atoms with van der Waals surface area (Å²) < 4.78 is 16.1. The molecule has 0 aliphatic heterocycles. The van der Waals surface area contributed by atoms with Crippen LogP contribution in [0.2, 0.25) is 0 Å². The van der Waals surface area contributed by atoms with Gasteiger partial charge in [0.25, 0.3) is 0 Å². The number of unbranched alkanes of at least 4 members (excludes halogenated alkanes) is 16. The molecule has 208 valence electrons. The number of hydrogen-bond acceptors (Lipinski definition) is 5. The van der Waals surface area contributed by atoms with Gasteiger partial charge in [0.1, 0.15) is 13.2 Å². The van der Waals surface area contributed by atoms with Crippen LogP contribution in [-0.4, -0.2) is 31.8 Å². The van der Waals surface area contributed by atoms with Gasteiger partial charge in [0.05, 0.1) is 28.3 Å². The van der Waals surface area contributed by atoms with Gasteiger partial charge in [-0.2, -0.15) is 0 Å². The number of ether oxygens (including phenoxy) is 2. The minimum absolute atomic E-state index is 0.181. The second kappa shape index (κ2) is 25.0. The van der Waals surface area contributed by atoms with E-state index in [0.717, 1.165) is 25.7 Å². The Morgan fingerprint density at radius 2 is 0.857 bits per heavy atom. The molecule has 6 heteroatoms. The molecule has 0 aromatic carbocycles. The molecule has 0 aromatic rings. The molecule has 0 unspecified atom stereocenters. The van der Waals surface area contributed by atoms with Gasteiger partial charge in [-0.3, -0.25) is 9.59 Å². The zero-order valence-electron chi connectivity index (χ0n) is 23.2. The number of carbonyl (C=O) groups excluding carboxylic acids is 2. The maximum absolute atomic E-state index is 12.2. The molecule has 0 spiro atoms. The third-order valence-corrected chi connectivity index (χ3v) is 6.76. The van der Waals surface area contributed by atoms with Gasteiger partial charge in [0.15, 0.2) is 0 Å². The van der Waals surface area contributed by atoms with Gasteiger partial charge in [-0.05, 0) is 12.8 Å². The Hall–Kier alpha value is -0.620. The Balaban J connectivity index is 3.89. The lowest BCUT2D eigenvalue weighted by atomic mass is 9.94. The summed E-state index contributed by atoms with van der Waals surface area (Å²) in [6.45, 7) is 7.04. The zero-order valence-corrected chi connectivity index (χ0v) is 24.8. The molecule has 0 atom stereocenters. The molecule has 0 bridgehead atoms. The van der Waals surface area contributed by atoms with E-state index in [1.54, 1.807) is 0 Å². The number of esters is 2. The highest BCUT2D eigenvalue weighted by Crippen LogP contribution is 2.21. The van der Waals surface area contributed by atoms with E-state index in [0.29, 0.717) is 19.4 Å². The molecule has 0 heterocycles. The van der Waals surface area contributed by atoms with Crippen LogP contribution in [0.5, 0.6) is 0 Å². The van der Waals surface area contributed by atoms with E-state index in [2.05, 4.69) is 30.1 Å². The van der Waals surface area contributed by atoms with Crippen molar-refractivity contribution in [2.45, 2.75) is 149 Å². The Kier molecular flexibility index (Phi) is 24.6. The van der Waals surface area contributed by atoms with E-state index in [9.17, 15) is 9.59 Å². The van der Waals surface area contributed by atoms with Crippen molar-refractivity contribution in [2.75, 3.05) is 19.8 Å². The molecule has 0 N–H and O–H groups in total. The van der Waals surface area contributed by atoms with Gasteiger partial charge in [-0.25, -0.2) is 0 Å². The first-order valence-corrected chi connectivity index (χ1v) is 15.2. The SMILES string of the molecule is CCCCCCCCCCCC(=O)OCC(C)(COBr)COC(=O)CCCCCCCCCCC. The Bertz CT molecular complexity index is 459. The second-order valence-corrected chi connectivity index (χ2v) is 11.0. The van der Waals surface area contributed by atoms with Crippen LogP contribution in [0.3, 0.4) is 0 Å². The Morgan fingerprint density at radius 1 is 0.543 bits per heavy atom. The molecule has 0 saturated carbocycles. The van der Waals surface area contributed by atoms with Crippen molar-refractivity contribution in [3.05, 3.63) is 0 Å². The van der Waals surface area contributed by atoms with Crippen LogP contribution in [0, 0.1) is 5.41 Å². The molecule has 0 aromatic heterocycles. The van der Waals surface area contributed by atoms with Crippen LogP contribution in [0.1, 0.15) is 149 Å². The third-order valence-electron chi connectivity index (χ3n) is 6.54. The molecule has 5 nitrogen and oxygen atoms in total. The number of hydrogen-bond donors (Lipinski definition) is 0. The average molecular weight is 564 g/mol. The maximum Gasteiger partial charge on any atom is 0.305 e. The molecule has 0 rings (SSSR count). The second-order valence-electron chi connectivity index (χ2n) is 10.5. The van der Waals surface area contributed by atoms with Crippen LogP contribution in [0.25, 0.3) is 0 Å². The molecule has 35 heavy (non-hydrogen) atoms. The molecule has 0 radical (unpaired) electrons. The van der Waals surface area contributed by atoms with Crippen molar-refractivity contribution >= 4 is 28.2 Å². The van der Waals surface area contributed by atoms with Gasteiger partial charge in [0, 0.05) is 12.8 Å². The molecule has 0 fully saturated rings. The smallest absolute Gasteiger partial charge is 0.305 e. The highest BCUT2D eigenvalue weighted by molar-refractivity contribution is 9.06. The Morgan fingerprint density at radius 3 is 1.17 bits per heavy atom. The molecule has 0 aliphatic rings. The lowest BCUT2D eigenvalue weighted by molar-refractivity contribution is -0.154. The molecular formula is C29H55BrO5. The largest absolute Gasteiger partial charge is 0.465 e. The van der Waals surface area contributed by atoms with Crippen LogP contribution in [0.15, 0.2) is 0 Å². The first-order valence-electron chi connectivity index (χ1n) is 14.5. The van der Waals surface area contributed by atoms with Crippen LogP contribution >= 0.6 is 16.3 Å². The van der Waals surface area contributed by atoms with E-state index in [-0.39, 0.29) is 25.2 Å². The minimum Gasteiger partial charge on any atom is -0.465 e. The van der Waals surface area contributed by atoms with Crippen molar-refractivity contribution in [1.29, 1.82) is 0 Å². The molecule has 0 aliphatic carbocycles.